The summed E-state index contributed by atoms with van der Waals surface area (Å²) in [5, 5.41) is 9.46. The molecule has 0 amide bonds. The van der Waals surface area contributed by atoms with E-state index in [-0.39, 0.29) is 18.1 Å². The van der Waals surface area contributed by atoms with Gasteiger partial charge in [0.05, 0.1) is 17.8 Å². The van der Waals surface area contributed by atoms with Gasteiger partial charge in [-0.3, -0.25) is 4.79 Å². The summed E-state index contributed by atoms with van der Waals surface area (Å²) >= 11 is 0. The van der Waals surface area contributed by atoms with Crippen molar-refractivity contribution in [2.24, 2.45) is 0 Å². The van der Waals surface area contributed by atoms with Crippen molar-refractivity contribution < 1.29 is 9.18 Å². The molecule has 0 radical (unpaired) electrons. The van der Waals surface area contributed by atoms with Crippen molar-refractivity contribution in [1.29, 1.82) is 5.26 Å². The molecule has 3 aromatic rings. The largest absolute Gasteiger partial charge is 0.336 e. The number of halogens is 1. The Hall–Kier alpha value is -3.19. The van der Waals surface area contributed by atoms with E-state index < -0.39 is 0 Å². The zero-order valence-electron chi connectivity index (χ0n) is 14.1. The van der Waals surface area contributed by atoms with E-state index in [1.165, 1.54) is 24.3 Å². The van der Waals surface area contributed by atoms with Crippen LogP contribution in [-0.2, 0) is 6.54 Å². The summed E-state index contributed by atoms with van der Waals surface area (Å²) in [6, 6.07) is 17.4. The molecule has 0 spiro atoms. The van der Waals surface area contributed by atoms with Crippen LogP contribution in [0.15, 0.2) is 54.6 Å². The van der Waals surface area contributed by atoms with Crippen molar-refractivity contribution in [2.45, 2.75) is 20.4 Å². The molecule has 2 aromatic carbocycles. The smallest absolute Gasteiger partial charge is 0.182 e. The monoisotopic (exact) mass is 332 g/mol. The third-order valence-corrected chi connectivity index (χ3v) is 4.22. The Labute approximate surface area is 146 Å². The van der Waals surface area contributed by atoms with Gasteiger partial charge in [-0.2, -0.15) is 5.26 Å². The van der Waals surface area contributed by atoms with E-state index in [0.717, 1.165) is 22.5 Å². The molecule has 3 nitrogen and oxygen atoms in total. The third-order valence-electron chi connectivity index (χ3n) is 4.22. The number of ketones is 1. The molecule has 1 heterocycles. The van der Waals surface area contributed by atoms with Crippen LogP contribution in [-0.4, -0.2) is 10.4 Å². The van der Waals surface area contributed by atoms with Gasteiger partial charge >= 0.3 is 0 Å². The van der Waals surface area contributed by atoms with Crippen molar-refractivity contribution in [3.05, 3.63) is 82.8 Å². The minimum atomic E-state index is -0.374. The highest BCUT2D eigenvalue weighted by Crippen LogP contribution is 2.28. The average Bonchev–Trinajstić information content (AvgIpc) is 2.92. The molecule has 0 saturated heterocycles. The lowest BCUT2D eigenvalue weighted by Gasteiger charge is -2.12. The molecule has 0 saturated carbocycles. The van der Waals surface area contributed by atoms with Gasteiger partial charge in [0.2, 0.25) is 0 Å². The van der Waals surface area contributed by atoms with Crippen molar-refractivity contribution in [3.63, 3.8) is 0 Å². The van der Waals surface area contributed by atoms with Gasteiger partial charge in [0.25, 0.3) is 0 Å². The SMILES string of the molecule is Cc1ccc(-c2c(C#N)cc(C)n2CC(=O)c2ccc(F)cc2)cc1. The molecule has 0 bridgehead atoms. The van der Waals surface area contributed by atoms with E-state index in [9.17, 15) is 14.4 Å². The van der Waals surface area contributed by atoms with Crippen molar-refractivity contribution >= 4 is 5.78 Å². The van der Waals surface area contributed by atoms with Crippen molar-refractivity contribution in [2.75, 3.05) is 0 Å². The Balaban J connectivity index is 2.02. The Morgan fingerprint density at radius 1 is 1.08 bits per heavy atom. The molecule has 0 aliphatic heterocycles. The normalized spacial score (nSPS) is 10.5. The summed E-state index contributed by atoms with van der Waals surface area (Å²) in [4.78, 5) is 12.6. The summed E-state index contributed by atoms with van der Waals surface area (Å²) in [6.07, 6.45) is 0. The maximum absolute atomic E-state index is 13.1. The number of carbonyl (C=O) groups excluding carboxylic acids is 1. The van der Waals surface area contributed by atoms with Gasteiger partial charge in [0.1, 0.15) is 11.9 Å². The number of hydrogen-bond acceptors (Lipinski definition) is 2. The van der Waals surface area contributed by atoms with Crippen LogP contribution < -0.4 is 0 Å². The van der Waals surface area contributed by atoms with E-state index in [4.69, 9.17) is 0 Å². The van der Waals surface area contributed by atoms with Gasteiger partial charge in [-0.05, 0) is 49.7 Å². The first-order valence-corrected chi connectivity index (χ1v) is 7.95. The number of hydrogen-bond donors (Lipinski definition) is 0. The predicted octanol–water partition coefficient (Wildman–Crippen LogP) is 4.67. The van der Waals surface area contributed by atoms with Gasteiger partial charge < -0.3 is 4.57 Å². The Bertz CT molecular complexity index is 961. The third kappa shape index (κ3) is 3.36. The fourth-order valence-corrected chi connectivity index (χ4v) is 2.86. The van der Waals surface area contributed by atoms with Gasteiger partial charge in [-0.1, -0.05) is 29.8 Å². The molecule has 0 unspecified atom stereocenters. The van der Waals surface area contributed by atoms with Crippen LogP contribution in [0.1, 0.15) is 27.2 Å². The summed E-state index contributed by atoms with van der Waals surface area (Å²) in [5.74, 6) is -0.502. The van der Waals surface area contributed by atoms with Gasteiger partial charge in [0.15, 0.2) is 5.78 Å². The molecule has 0 atom stereocenters. The Morgan fingerprint density at radius 3 is 2.32 bits per heavy atom. The number of aryl methyl sites for hydroxylation is 2. The summed E-state index contributed by atoms with van der Waals surface area (Å²) in [6.45, 7) is 3.97. The first-order valence-electron chi connectivity index (χ1n) is 7.95. The van der Waals surface area contributed by atoms with Crippen LogP contribution in [0, 0.1) is 31.0 Å². The lowest BCUT2D eigenvalue weighted by molar-refractivity contribution is 0.0972. The molecular formula is C21H17FN2O. The second kappa shape index (κ2) is 6.74. The highest BCUT2D eigenvalue weighted by atomic mass is 19.1. The van der Waals surface area contributed by atoms with Crippen LogP contribution >= 0.6 is 0 Å². The maximum atomic E-state index is 13.1. The second-order valence-electron chi connectivity index (χ2n) is 6.04. The fraction of sp³-hybridized carbons (Fsp3) is 0.143. The van der Waals surface area contributed by atoms with Gasteiger partial charge in [-0.15, -0.1) is 0 Å². The van der Waals surface area contributed by atoms with Gasteiger partial charge in [0, 0.05) is 11.3 Å². The van der Waals surface area contributed by atoms with Crippen LogP contribution in [0.5, 0.6) is 0 Å². The molecule has 0 aliphatic carbocycles. The predicted molar refractivity (Wildman–Crippen MR) is 94.8 cm³/mol. The quantitative estimate of drug-likeness (QED) is 0.652. The van der Waals surface area contributed by atoms with E-state index in [0.29, 0.717) is 11.1 Å². The zero-order valence-corrected chi connectivity index (χ0v) is 14.1. The van der Waals surface area contributed by atoms with Crippen LogP contribution in [0.3, 0.4) is 0 Å². The number of carbonyl (C=O) groups is 1. The summed E-state index contributed by atoms with van der Waals surface area (Å²) in [5.41, 5.74) is 4.57. The summed E-state index contributed by atoms with van der Waals surface area (Å²) < 4.78 is 14.9. The van der Waals surface area contributed by atoms with Crippen LogP contribution in [0.2, 0.25) is 0 Å². The van der Waals surface area contributed by atoms with Crippen LogP contribution in [0.4, 0.5) is 4.39 Å². The molecule has 25 heavy (non-hydrogen) atoms. The molecule has 3 rings (SSSR count). The molecule has 4 heteroatoms. The number of benzene rings is 2. The van der Waals surface area contributed by atoms with Crippen molar-refractivity contribution in [3.8, 4) is 17.3 Å². The highest BCUT2D eigenvalue weighted by molar-refractivity contribution is 5.96. The molecule has 1 aromatic heterocycles. The standard InChI is InChI=1S/C21H17FN2O/c1-14-3-5-17(6-4-14)21-18(12-23)11-15(2)24(21)13-20(25)16-7-9-19(22)10-8-16/h3-11H,13H2,1-2H3. The lowest BCUT2D eigenvalue weighted by Crippen LogP contribution is -2.13. The fourth-order valence-electron chi connectivity index (χ4n) is 2.86. The lowest BCUT2D eigenvalue weighted by atomic mass is 10.1. The number of rotatable bonds is 4. The zero-order chi connectivity index (χ0) is 18.0. The van der Waals surface area contributed by atoms with Crippen LogP contribution in [0.25, 0.3) is 11.3 Å². The number of Topliss-reactive ketones (excluding diaryl/α,β-unsaturated/α-hetero) is 1. The second-order valence-corrected chi connectivity index (χ2v) is 6.04. The summed E-state index contributed by atoms with van der Waals surface area (Å²) in [7, 11) is 0. The Morgan fingerprint density at radius 2 is 1.72 bits per heavy atom. The van der Waals surface area contributed by atoms with E-state index in [1.54, 1.807) is 6.07 Å². The highest BCUT2D eigenvalue weighted by Gasteiger charge is 2.17. The number of aromatic nitrogens is 1. The molecule has 0 fully saturated rings. The van der Waals surface area contributed by atoms with E-state index >= 15 is 0 Å². The van der Waals surface area contributed by atoms with E-state index in [1.807, 2.05) is 42.7 Å². The Kier molecular flexibility index (Phi) is 4.49. The molecule has 124 valence electrons. The molecule has 0 aliphatic rings. The van der Waals surface area contributed by atoms with E-state index in [2.05, 4.69) is 6.07 Å². The maximum Gasteiger partial charge on any atom is 0.182 e. The average molecular weight is 332 g/mol. The number of nitrogens with zero attached hydrogens (tertiary/aromatic N) is 2. The molecule has 0 N–H and O–H groups in total. The van der Waals surface area contributed by atoms with Crippen molar-refractivity contribution in [1.82, 2.24) is 4.57 Å². The topological polar surface area (TPSA) is 45.8 Å². The first-order chi connectivity index (χ1) is 12.0. The minimum absolute atomic E-state index is 0.0996. The first kappa shape index (κ1) is 16.7. The number of nitriles is 1. The minimum Gasteiger partial charge on any atom is -0.336 e. The van der Waals surface area contributed by atoms with Gasteiger partial charge in [-0.25, -0.2) is 4.39 Å². The molecular weight excluding hydrogens is 315 g/mol.